The second-order valence-electron chi connectivity index (χ2n) is 8.36. The minimum atomic E-state index is 0.0738. The number of piperidine rings is 1. The molecule has 1 aliphatic carbocycles. The number of carbonyl (C=O) groups excluding carboxylic acids is 1. The van der Waals surface area contributed by atoms with E-state index in [0.717, 1.165) is 62.2 Å². The lowest BCUT2D eigenvalue weighted by Gasteiger charge is -2.27. The highest BCUT2D eigenvalue weighted by atomic mass is 16.2. The molecule has 1 N–H and O–H groups in total. The van der Waals surface area contributed by atoms with Gasteiger partial charge in [-0.15, -0.1) is 0 Å². The van der Waals surface area contributed by atoms with E-state index in [0.29, 0.717) is 5.82 Å². The Morgan fingerprint density at radius 1 is 1.10 bits per heavy atom. The van der Waals surface area contributed by atoms with Crippen molar-refractivity contribution in [1.29, 1.82) is 0 Å². The number of fused-ring (bicyclic) bond motifs is 1. The fraction of sp³-hybridized carbons (Fsp3) is 0.375. The van der Waals surface area contributed by atoms with Crippen LogP contribution < -0.4 is 5.32 Å². The van der Waals surface area contributed by atoms with Gasteiger partial charge in [0.25, 0.3) is 0 Å². The first-order valence-electron chi connectivity index (χ1n) is 10.7. The SMILES string of the molecule is [C-]#[N+]C1CCN(Cc2ccc(-c3cccc4nc(NC(=O)C5CC5)cn34)cc2)CC1. The van der Waals surface area contributed by atoms with Gasteiger partial charge in [0.15, 0.2) is 5.82 Å². The molecule has 0 bridgehead atoms. The van der Waals surface area contributed by atoms with Gasteiger partial charge in [0, 0.05) is 38.4 Å². The van der Waals surface area contributed by atoms with Crippen molar-refractivity contribution in [2.45, 2.75) is 38.3 Å². The lowest BCUT2D eigenvalue weighted by atomic mass is 10.0. The van der Waals surface area contributed by atoms with Gasteiger partial charge in [-0.05, 0) is 36.1 Å². The minimum absolute atomic E-state index is 0.0738. The lowest BCUT2D eigenvalue weighted by molar-refractivity contribution is -0.117. The van der Waals surface area contributed by atoms with Crippen LogP contribution >= 0.6 is 0 Å². The van der Waals surface area contributed by atoms with E-state index in [9.17, 15) is 4.79 Å². The van der Waals surface area contributed by atoms with E-state index >= 15 is 0 Å². The van der Waals surface area contributed by atoms with E-state index in [1.54, 1.807) is 0 Å². The van der Waals surface area contributed by atoms with Gasteiger partial charge in [0.05, 0.1) is 11.9 Å². The number of aromatic nitrogens is 2. The summed E-state index contributed by atoms with van der Waals surface area (Å²) in [6.45, 7) is 10.1. The largest absolute Gasteiger partial charge is 0.314 e. The van der Waals surface area contributed by atoms with Crippen molar-refractivity contribution < 1.29 is 4.79 Å². The van der Waals surface area contributed by atoms with Crippen LogP contribution in [-0.4, -0.2) is 39.3 Å². The molecule has 0 atom stereocenters. The molecule has 152 valence electrons. The third-order valence-corrected chi connectivity index (χ3v) is 6.09. The number of nitrogens with one attached hydrogen (secondary N) is 1. The van der Waals surface area contributed by atoms with E-state index in [2.05, 4.69) is 50.4 Å². The Hall–Kier alpha value is -3.17. The van der Waals surface area contributed by atoms with Crippen molar-refractivity contribution in [3.05, 3.63) is 65.6 Å². The zero-order chi connectivity index (χ0) is 20.5. The second-order valence-corrected chi connectivity index (χ2v) is 8.36. The monoisotopic (exact) mass is 399 g/mol. The quantitative estimate of drug-likeness (QED) is 0.653. The molecule has 1 saturated carbocycles. The van der Waals surface area contributed by atoms with E-state index in [4.69, 9.17) is 6.57 Å². The van der Waals surface area contributed by atoms with Crippen LogP contribution in [0, 0.1) is 12.5 Å². The molecule has 3 heterocycles. The summed E-state index contributed by atoms with van der Waals surface area (Å²) in [5, 5.41) is 2.94. The summed E-state index contributed by atoms with van der Waals surface area (Å²) < 4.78 is 2.03. The van der Waals surface area contributed by atoms with Crippen LogP contribution in [0.1, 0.15) is 31.2 Å². The Morgan fingerprint density at radius 3 is 2.57 bits per heavy atom. The van der Waals surface area contributed by atoms with Crippen molar-refractivity contribution in [3.63, 3.8) is 0 Å². The predicted octanol–water partition coefficient (Wildman–Crippen LogP) is 4.23. The molecule has 0 spiro atoms. The summed E-state index contributed by atoms with van der Waals surface area (Å²) in [5.74, 6) is 0.845. The van der Waals surface area contributed by atoms with E-state index in [-0.39, 0.29) is 17.9 Å². The molecule has 1 saturated heterocycles. The number of likely N-dealkylation sites (tertiary alicyclic amines) is 1. The Kier molecular flexibility index (Phi) is 4.97. The van der Waals surface area contributed by atoms with Crippen molar-refractivity contribution >= 4 is 17.4 Å². The van der Waals surface area contributed by atoms with E-state index in [1.165, 1.54) is 5.56 Å². The van der Waals surface area contributed by atoms with Gasteiger partial charge >= 0.3 is 0 Å². The van der Waals surface area contributed by atoms with Crippen LogP contribution in [0.15, 0.2) is 48.7 Å². The molecule has 2 aromatic heterocycles. The van der Waals surface area contributed by atoms with Gasteiger partial charge in [-0.3, -0.25) is 14.1 Å². The van der Waals surface area contributed by atoms with Crippen molar-refractivity contribution in [3.8, 4) is 11.3 Å². The first kappa shape index (κ1) is 18.8. The molecular formula is C24H25N5O. The number of amides is 1. The number of imidazole rings is 1. The minimum Gasteiger partial charge on any atom is -0.314 e. The van der Waals surface area contributed by atoms with Crippen LogP contribution in [-0.2, 0) is 11.3 Å². The molecule has 2 fully saturated rings. The lowest BCUT2D eigenvalue weighted by Crippen LogP contribution is -2.34. The number of hydrogen-bond acceptors (Lipinski definition) is 3. The molecule has 6 nitrogen and oxygen atoms in total. The fourth-order valence-electron chi connectivity index (χ4n) is 4.13. The van der Waals surface area contributed by atoms with Crippen LogP contribution in [0.3, 0.4) is 0 Å². The van der Waals surface area contributed by atoms with Gasteiger partial charge in [-0.1, -0.05) is 30.3 Å². The molecule has 6 heteroatoms. The Bertz CT molecular complexity index is 1100. The topological polar surface area (TPSA) is 54.0 Å². The molecule has 0 unspecified atom stereocenters. The average Bonchev–Trinajstić information content (AvgIpc) is 3.55. The molecule has 1 amide bonds. The van der Waals surface area contributed by atoms with Gasteiger partial charge in [-0.2, -0.15) is 0 Å². The van der Waals surface area contributed by atoms with Gasteiger partial charge in [0.1, 0.15) is 5.65 Å². The summed E-state index contributed by atoms with van der Waals surface area (Å²) >= 11 is 0. The highest BCUT2D eigenvalue weighted by Crippen LogP contribution is 2.30. The molecule has 5 rings (SSSR count). The van der Waals surface area contributed by atoms with Crippen LogP contribution in [0.5, 0.6) is 0 Å². The molecule has 1 aliphatic heterocycles. The highest BCUT2D eigenvalue weighted by molar-refractivity contribution is 5.93. The number of hydrogen-bond donors (Lipinski definition) is 1. The zero-order valence-corrected chi connectivity index (χ0v) is 16.9. The summed E-state index contributed by atoms with van der Waals surface area (Å²) in [6.07, 6.45) is 5.82. The van der Waals surface area contributed by atoms with Crippen LogP contribution in [0.25, 0.3) is 21.7 Å². The zero-order valence-electron chi connectivity index (χ0n) is 16.9. The van der Waals surface area contributed by atoms with Crippen molar-refractivity contribution in [2.24, 2.45) is 5.92 Å². The summed E-state index contributed by atoms with van der Waals surface area (Å²) in [4.78, 5) is 22.7. The van der Waals surface area contributed by atoms with E-state index < -0.39 is 0 Å². The number of benzene rings is 1. The normalized spacial score (nSPS) is 17.7. The fourth-order valence-corrected chi connectivity index (χ4v) is 4.13. The van der Waals surface area contributed by atoms with Crippen molar-refractivity contribution in [1.82, 2.24) is 14.3 Å². The molecule has 3 aromatic rings. The Balaban J connectivity index is 1.32. The predicted molar refractivity (Wildman–Crippen MR) is 117 cm³/mol. The molecule has 2 aliphatic rings. The summed E-state index contributed by atoms with van der Waals surface area (Å²) in [5.41, 5.74) is 4.28. The third-order valence-electron chi connectivity index (χ3n) is 6.09. The second kappa shape index (κ2) is 7.92. The number of anilines is 1. The van der Waals surface area contributed by atoms with Gasteiger partial charge in [-0.25, -0.2) is 11.6 Å². The molecular weight excluding hydrogens is 374 g/mol. The van der Waals surface area contributed by atoms with Gasteiger partial charge < -0.3 is 10.2 Å². The van der Waals surface area contributed by atoms with Crippen LogP contribution in [0.2, 0.25) is 0 Å². The summed E-state index contributed by atoms with van der Waals surface area (Å²) in [7, 11) is 0. The maximum absolute atomic E-state index is 12.1. The molecule has 0 radical (unpaired) electrons. The number of rotatable bonds is 5. The first-order chi connectivity index (χ1) is 14.7. The third kappa shape index (κ3) is 3.94. The smallest absolute Gasteiger partial charge is 0.228 e. The Morgan fingerprint density at radius 2 is 1.87 bits per heavy atom. The molecule has 1 aromatic carbocycles. The van der Waals surface area contributed by atoms with E-state index in [1.807, 2.05) is 22.7 Å². The van der Waals surface area contributed by atoms with Gasteiger partial charge in [0.2, 0.25) is 11.9 Å². The number of nitrogens with zero attached hydrogens (tertiary/aromatic N) is 4. The molecule has 30 heavy (non-hydrogen) atoms. The average molecular weight is 399 g/mol. The Labute approximate surface area is 176 Å². The standard InChI is InChI=1S/C24H25N5O/c1-25-20-11-13-28(14-12-20)15-17-5-7-18(8-6-17)21-3-2-4-23-26-22(16-29(21)23)27-24(30)19-9-10-19/h2-8,16,19-20H,9-15H2,(H,27,30). The summed E-state index contributed by atoms with van der Waals surface area (Å²) in [6, 6.07) is 14.9. The maximum Gasteiger partial charge on any atom is 0.228 e. The number of pyridine rings is 1. The van der Waals surface area contributed by atoms with Crippen molar-refractivity contribution in [2.75, 3.05) is 18.4 Å². The van der Waals surface area contributed by atoms with Crippen LogP contribution in [0.4, 0.5) is 5.82 Å². The highest BCUT2D eigenvalue weighted by Gasteiger charge is 2.30. The first-order valence-corrected chi connectivity index (χ1v) is 10.7. The maximum atomic E-state index is 12.1. The number of carbonyl (C=O) groups is 1.